The van der Waals surface area contributed by atoms with Crippen LogP contribution in [0.3, 0.4) is 0 Å². The summed E-state index contributed by atoms with van der Waals surface area (Å²) in [6.45, 7) is -0.586. The van der Waals surface area contributed by atoms with E-state index in [0.29, 0.717) is 5.56 Å². The standard InChI is InChI=1S/C15H14F2N4O2/c16-15(17)6-11(21(8-15)14(22)9-3-4-9)13-19-12(20-23-13)10-2-1-5-18-7-10/h1-2,5,7,9,11H,3-4,6,8H2/t11-/m0/s1. The molecule has 2 aromatic rings. The summed E-state index contributed by atoms with van der Waals surface area (Å²) in [7, 11) is 0. The van der Waals surface area contributed by atoms with Crippen molar-refractivity contribution >= 4 is 5.91 Å². The number of pyridine rings is 1. The minimum atomic E-state index is -2.93. The molecule has 0 spiro atoms. The van der Waals surface area contributed by atoms with Crippen molar-refractivity contribution in [2.45, 2.75) is 31.2 Å². The molecule has 1 saturated carbocycles. The molecule has 3 heterocycles. The Labute approximate surface area is 130 Å². The molecule has 8 heteroatoms. The highest BCUT2D eigenvalue weighted by molar-refractivity contribution is 5.81. The summed E-state index contributed by atoms with van der Waals surface area (Å²) in [5.41, 5.74) is 0.632. The largest absolute Gasteiger partial charge is 0.337 e. The summed E-state index contributed by atoms with van der Waals surface area (Å²) >= 11 is 0. The Kier molecular flexibility index (Phi) is 3.14. The minimum absolute atomic E-state index is 0.0510. The number of likely N-dealkylation sites (tertiary alicyclic amines) is 1. The monoisotopic (exact) mass is 320 g/mol. The first-order valence-electron chi connectivity index (χ1n) is 7.46. The van der Waals surface area contributed by atoms with Crippen LogP contribution in [0.4, 0.5) is 8.78 Å². The second-order valence-corrected chi connectivity index (χ2v) is 6.01. The van der Waals surface area contributed by atoms with Gasteiger partial charge >= 0.3 is 0 Å². The Morgan fingerprint density at radius 3 is 2.91 bits per heavy atom. The molecule has 1 aliphatic heterocycles. The van der Waals surface area contributed by atoms with Crippen LogP contribution >= 0.6 is 0 Å². The summed E-state index contributed by atoms with van der Waals surface area (Å²) in [4.78, 5) is 21.6. The molecule has 0 bridgehead atoms. The molecule has 2 fully saturated rings. The molecule has 4 rings (SSSR count). The highest BCUT2D eigenvalue weighted by Gasteiger charge is 2.52. The highest BCUT2D eigenvalue weighted by atomic mass is 19.3. The zero-order chi connectivity index (χ0) is 16.0. The maximum Gasteiger partial charge on any atom is 0.267 e. The molecule has 0 radical (unpaired) electrons. The number of rotatable bonds is 3. The average Bonchev–Trinajstić information content (AvgIpc) is 3.18. The molecule has 0 aromatic carbocycles. The Hall–Kier alpha value is -2.38. The van der Waals surface area contributed by atoms with Crippen LogP contribution in [0, 0.1) is 5.92 Å². The lowest BCUT2D eigenvalue weighted by atomic mass is 10.2. The van der Waals surface area contributed by atoms with Gasteiger partial charge in [-0.25, -0.2) is 8.78 Å². The van der Waals surface area contributed by atoms with Crippen molar-refractivity contribution in [3.63, 3.8) is 0 Å². The topological polar surface area (TPSA) is 72.1 Å². The van der Waals surface area contributed by atoms with Gasteiger partial charge in [0.15, 0.2) is 0 Å². The first-order chi connectivity index (χ1) is 11.0. The van der Waals surface area contributed by atoms with Gasteiger partial charge in [-0.15, -0.1) is 0 Å². The van der Waals surface area contributed by atoms with Crippen LogP contribution in [0.2, 0.25) is 0 Å². The van der Waals surface area contributed by atoms with Crippen molar-refractivity contribution in [2.75, 3.05) is 6.54 Å². The van der Waals surface area contributed by atoms with E-state index in [9.17, 15) is 13.6 Å². The van der Waals surface area contributed by atoms with E-state index >= 15 is 0 Å². The quantitative estimate of drug-likeness (QED) is 0.868. The van der Waals surface area contributed by atoms with Crippen LogP contribution in [0.5, 0.6) is 0 Å². The van der Waals surface area contributed by atoms with Gasteiger partial charge in [-0.05, 0) is 25.0 Å². The lowest BCUT2D eigenvalue weighted by Gasteiger charge is -2.20. The van der Waals surface area contributed by atoms with E-state index in [2.05, 4.69) is 15.1 Å². The van der Waals surface area contributed by atoms with E-state index in [1.54, 1.807) is 24.5 Å². The van der Waals surface area contributed by atoms with Gasteiger partial charge in [0.05, 0.1) is 6.54 Å². The molecule has 2 aromatic heterocycles. The summed E-state index contributed by atoms with van der Waals surface area (Å²) in [6.07, 6.45) is 4.21. The van der Waals surface area contributed by atoms with Crippen molar-refractivity contribution in [1.82, 2.24) is 20.0 Å². The normalized spacial score (nSPS) is 23.2. The van der Waals surface area contributed by atoms with Crippen molar-refractivity contribution in [3.8, 4) is 11.4 Å². The van der Waals surface area contributed by atoms with Crippen LogP contribution < -0.4 is 0 Å². The van der Waals surface area contributed by atoms with E-state index < -0.39 is 24.9 Å². The summed E-state index contributed by atoms with van der Waals surface area (Å²) in [5, 5.41) is 3.82. The smallest absolute Gasteiger partial charge is 0.267 e. The number of carbonyl (C=O) groups excluding carboxylic acids is 1. The molecule has 120 valence electrons. The Bertz CT molecular complexity index is 730. The molecule has 6 nitrogen and oxygen atoms in total. The predicted molar refractivity (Wildman–Crippen MR) is 74.3 cm³/mol. The fraction of sp³-hybridized carbons (Fsp3) is 0.467. The van der Waals surface area contributed by atoms with Gasteiger partial charge in [0, 0.05) is 30.3 Å². The van der Waals surface area contributed by atoms with E-state index in [-0.39, 0.29) is 23.5 Å². The Balaban J connectivity index is 1.63. The molecule has 1 saturated heterocycles. The highest BCUT2D eigenvalue weighted by Crippen LogP contribution is 2.44. The molecular weight excluding hydrogens is 306 g/mol. The van der Waals surface area contributed by atoms with Gasteiger partial charge in [-0.3, -0.25) is 9.78 Å². The van der Waals surface area contributed by atoms with Gasteiger partial charge in [0.2, 0.25) is 17.6 Å². The van der Waals surface area contributed by atoms with Crippen LogP contribution in [0.25, 0.3) is 11.4 Å². The molecule has 1 atom stereocenters. The molecule has 0 unspecified atom stereocenters. The summed E-state index contributed by atoms with van der Waals surface area (Å²) < 4.78 is 32.8. The molecule has 0 N–H and O–H groups in total. The minimum Gasteiger partial charge on any atom is -0.337 e. The Morgan fingerprint density at radius 2 is 2.22 bits per heavy atom. The maximum atomic E-state index is 13.8. The number of carbonyl (C=O) groups is 1. The van der Waals surface area contributed by atoms with Crippen molar-refractivity contribution in [1.29, 1.82) is 0 Å². The Morgan fingerprint density at radius 1 is 1.39 bits per heavy atom. The number of halogens is 2. The van der Waals surface area contributed by atoms with Gasteiger partial charge < -0.3 is 9.42 Å². The molecule has 2 aliphatic rings. The van der Waals surface area contributed by atoms with Gasteiger partial charge in [-0.2, -0.15) is 4.98 Å². The van der Waals surface area contributed by atoms with Gasteiger partial charge in [0.25, 0.3) is 5.92 Å². The van der Waals surface area contributed by atoms with Crippen LogP contribution in [-0.4, -0.2) is 38.4 Å². The third-order valence-corrected chi connectivity index (χ3v) is 4.13. The number of hydrogen-bond acceptors (Lipinski definition) is 5. The van der Waals surface area contributed by atoms with Gasteiger partial charge in [0.1, 0.15) is 6.04 Å². The average molecular weight is 320 g/mol. The van der Waals surface area contributed by atoms with Crippen molar-refractivity contribution in [3.05, 3.63) is 30.4 Å². The van der Waals surface area contributed by atoms with E-state index in [1.165, 1.54) is 4.90 Å². The van der Waals surface area contributed by atoms with Crippen LogP contribution in [-0.2, 0) is 4.79 Å². The van der Waals surface area contributed by atoms with Crippen LogP contribution in [0.15, 0.2) is 29.0 Å². The molecule has 1 amide bonds. The first kappa shape index (κ1) is 14.2. The zero-order valence-electron chi connectivity index (χ0n) is 12.2. The lowest BCUT2D eigenvalue weighted by molar-refractivity contribution is -0.135. The third-order valence-electron chi connectivity index (χ3n) is 4.13. The number of hydrogen-bond donors (Lipinski definition) is 0. The van der Waals surface area contributed by atoms with E-state index in [4.69, 9.17) is 4.52 Å². The number of alkyl halides is 2. The van der Waals surface area contributed by atoms with Crippen LogP contribution in [0.1, 0.15) is 31.2 Å². The summed E-state index contributed by atoms with van der Waals surface area (Å²) in [6, 6.07) is 2.60. The second-order valence-electron chi connectivity index (χ2n) is 6.01. The number of aromatic nitrogens is 3. The second kappa shape index (κ2) is 5.07. The van der Waals surface area contributed by atoms with Crippen molar-refractivity contribution < 1.29 is 18.1 Å². The molecular formula is C15H14F2N4O2. The van der Waals surface area contributed by atoms with E-state index in [1.807, 2.05) is 0 Å². The van der Waals surface area contributed by atoms with Gasteiger partial charge in [-0.1, -0.05) is 5.16 Å². The predicted octanol–water partition coefficient (Wildman–Crippen LogP) is 2.45. The third kappa shape index (κ3) is 2.69. The number of nitrogens with zero attached hydrogens (tertiary/aromatic N) is 4. The fourth-order valence-corrected chi connectivity index (χ4v) is 2.82. The SMILES string of the molecule is O=C(C1CC1)N1CC(F)(F)C[C@H]1c1nc(-c2cccnc2)no1. The zero-order valence-corrected chi connectivity index (χ0v) is 12.2. The fourth-order valence-electron chi connectivity index (χ4n) is 2.82. The molecule has 1 aliphatic carbocycles. The lowest BCUT2D eigenvalue weighted by Crippen LogP contribution is -2.34. The maximum absolute atomic E-state index is 13.8. The number of amides is 1. The molecule has 23 heavy (non-hydrogen) atoms. The van der Waals surface area contributed by atoms with E-state index in [0.717, 1.165) is 12.8 Å². The van der Waals surface area contributed by atoms with Crippen molar-refractivity contribution in [2.24, 2.45) is 5.92 Å². The first-order valence-corrected chi connectivity index (χ1v) is 7.46. The summed E-state index contributed by atoms with van der Waals surface area (Å²) in [5.74, 6) is -2.98.